The molecule has 3 aromatic rings. The first-order chi connectivity index (χ1) is 13.1. The van der Waals surface area contributed by atoms with E-state index in [-0.39, 0.29) is 5.69 Å². The number of nitrogens with one attached hydrogen (secondary N) is 2. The molecule has 7 nitrogen and oxygen atoms in total. The molecule has 3 rings (SSSR count). The van der Waals surface area contributed by atoms with Crippen LogP contribution in [0.3, 0.4) is 0 Å². The minimum Gasteiger partial charge on any atom is -0.465 e. The smallest absolute Gasteiger partial charge is 0.339 e. The van der Waals surface area contributed by atoms with Crippen LogP contribution < -0.4 is 10.6 Å². The average Bonchev–Trinajstić information content (AvgIpc) is 2.70. The molecular weight excluding hydrogens is 351 g/mol. The number of amides is 1. The zero-order valence-electron chi connectivity index (χ0n) is 14.3. The van der Waals surface area contributed by atoms with Gasteiger partial charge in [0, 0.05) is 11.8 Å². The lowest BCUT2D eigenvalue weighted by Gasteiger charge is -2.10. The van der Waals surface area contributed by atoms with Gasteiger partial charge in [0.05, 0.1) is 18.4 Å². The van der Waals surface area contributed by atoms with E-state index in [1.807, 2.05) is 0 Å². The molecule has 0 aliphatic heterocycles. The van der Waals surface area contributed by atoms with Gasteiger partial charge in [-0.15, -0.1) is 0 Å². The van der Waals surface area contributed by atoms with Crippen LogP contribution in [0.15, 0.2) is 60.9 Å². The van der Waals surface area contributed by atoms with Crippen molar-refractivity contribution in [1.29, 1.82) is 0 Å². The second-order valence-corrected chi connectivity index (χ2v) is 5.41. The normalized spacial score (nSPS) is 10.1. The highest BCUT2D eigenvalue weighted by Crippen LogP contribution is 2.20. The van der Waals surface area contributed by atoms with Crippen molar-refractivity contribution in [2.45, 2.75) is 0 Å². The summed E-state index contributed by atoms with van der Waals surface area (Å²) in [6.45, 7) is 0. The molecule has 27 heavy (non-hydrogen) atoms. The quantitative estimate of drug-likeness (QED) is 0.672. The molecule has 0 saturated carbocycles. The Bertz CT molecular complexity index is 977. The summed E-state index contributed by atoms with van der Waals surface area (Å²) in [6.07, 6.45) is 1.22. The maximum absolute atomic E-state index is 12.9. The fourth-order valence-corrected chi connectivity index (χ4v) is 2.30. The summed E-state index contributed by atoms with van der Waals surface area (Å²) in [5, 5.41) is 5.59. The number of benzene rings is 2. The number of carbonyl (C=O) groups excluding carboxylic acids is 2. The highest BCUT2D eigenvalue weighted by atomic mass is 19.1. The number of methoxy groups -OCH3 is 1. The van der Waals surface area contributed by atoms with E-state index in [2.05, 4.69) is 20.6 Å². The summed E-state index contributed by atoms with van der Waals surface area (Å²) in [4.78, 5) is 32.2. The predicted octanol–water partition coefficient (Wildman–Crippen LogP) is 3.40. The van der Waals surface area contributed by atoms with Crippen LogP contribution in [-0.4, -0.2) is 29.0 Å². The second-order valence-electron chi connectivity index (χ2n) is 5.41. The number of nitrogens with zero attached hydrogens (tertiary/aromatic N) is 2. The third-order valence-electron chi connectivity index (χ3n) is 3.60. The van der Waals surface area contributed by atoms with E-state index in [4.69, 9.17) is 4.74 Å². The number of para-hydroxylation sites is 1. The van der Waals surface area contributed by atoms with Crippen LogP contribution in [0.2, 0.25) is 0 Å². The monoisotopic (exact) mass is 366 g/mol. The topological polar surface area (TPSA) is 93.2 Å². The number of aromatic nitrogens is 2. The molecule has 136 valence electrons. The van der Waals surface area contributed by atoms with Crippen molar-refractivity contribution in [2.75, 3.05) is 17.7 Å². The lowest BCUT2D eigenvalue weighted by Crippen LogP contribution is -2.14. The molecule has 2 aromatic carbocycles. The molecule has 0 aliphatic rings. The number of halogens is 1. The van der Waals surface area contributed by atoms with Crippen LogP contribution in [0.4, 0.5) is 21.6 Å². The van der Waals surface area contributed by atoms with Crippen molar-refractivity contribution in [3.8, 4) is 0 Å². The van der Waals surface area contributed by atoms with Gasteiger partial charge in [0.2, 0.25) is 0 Å². The number of ether oxygens (including phenoxy) is 1. The fraction of sp³-hybridized carbons (Fsp3) is 0.0526. The maximum Gasteiger partial charge on any atom is 0.339 e. The predicted molar refractivity (Wildman–Crippen MR) is 97.4 cm³/mol. The van der Waals surface area contributed by atoms with E-state index in [0.717, 1.165) is 0 Å². The van der Waals surface area contributed by atoms with Crippen LogP contribution in [-0.2, 0) is 4.74 Å². The molecule has 0 radical (unpaired) electrons. The zero-order chi connectivity index (χ0) is 19.2. The summed E-state index contributed by atoms with van der Waals surface area (Å²) < 4.78 is 17.7. The lowest BCUT2D eigenvalue weighted by atomic mass is 10.2. The van der Waals surface area contributed by atoms with Gasteiger partial charge < -0.3 is 15.4 Å². The number of hydrogen-bond donors (Lipinski definition) is 2. The van der Waals surface area contributed by atoms with Gasteiger partial charge in [-0.05, 0) is 36.4 Å². The van der Waals surface area contributed by atoms with Gasteiger partial charge in [-0.25, -0.2) is 19.2 Å². The number of rotatable bonds is 5. The molecule has 0 unspecified atom stereocenters. The molecule has 1 aromatic heterocycles. The van der Waals surface area contributed by atoms with Crippen molar-refractivity contribution < 1.29 is 18.7 Å². The van der Waals surface area contributed by atoms with E-state index in [1.165, 1.54) is 43.8 Å². The van der Waals surface area contributed by atoms with Crippen molar-refractivity contribution in [1.82, 2.24) is 9.97 Å². The van der Waals surface area contributed by atoms with Crippen LogP contribution >= 0.6 is 0 Å². The molecule has 1 amide bonds. The van der Waals surface area contributed by atoms with Gasteiger partial charge in [0.15, 0.2) is 0 Å². The van der Waals surface area contributed by atoms with Crippen LogP contribution in [0.25, 0.3) is 0 Å². The number of carbonyl (C=O) groups is 2. The summed E-state index contributed by atoms with van der Waals surface area (Å²) in [5.41, 5.74) is 1.35. The number of anilines is 3. The van der Waals surface area contributed by atoms with Crippen molar-refractivity contribution in [3.63, 3.8) is 0 Å². The van der Waals surface area contributed by atoms with E-state index in [1.54, 1.807) is 24.3 Å². The summed E-state index contributed by atoms with van der Waals surface area (Å²) in [7, 11) is 1.29. The Kier molecular flexibility index (Phi) is 5.36. The van der Waals surface area contributed by atoms with E-state index >= 15 is 0 Å². The SMILES string of the molecule is COC(=O)c1ccccc1Nc1cc(C(=O)Nc2ccc(F)cc2)ncn1. The number of esters is 1. The Morgan fingerprint density at radius 1 is 1.04 bits per heavy atom. The molecule has 0 atom stereocenters. The first-order valence-electron chi connectivity index (χ1n) is 7.90. The van der Waals surface area contributed by atoms with Gasteiger partial charge in [-0.3, -0.25) is 4.79 Å². The highest BCUT2D eigenvalue weighted by Gasteiger charge is 2.13. The minimum absolute atomic E-state index is 0.104. The first kappa shape index (κ1) is 18.0. The van der Waals surface area contributed by atoms with Crippen molar-refractivity contribution >= 4 is 29.1 Å². The largest absolute Gasteiger partial charge is 0.465 e. The van der Waals surface area contributed by atoms with Crippen LogP contribution in [0, 0.1) is 5.82 Å². The average molecular weight is 366 g/mol. The van der Waals surface area contributed by atoms with Gasteiger partial charge >= 0.3 is 5.97 Å². The molecule has 2 N–H and O–H groups in total. The van der Waals surface area contributed by atoms with E-state index < -0.39 is 17.7 Å². The van der Waals surface area contributed by atoms with E-state index in [9.17, 15) is 14.0 Å². The molecule has 0 bridgehead atoms. The first-order valence-corrected chi connectivity index (χ1v) is 7.90. The molecular formula is C19H15FN4O3. The highest BCUT2D eigenvalue weighted by molar-refractivity contribution is 6.03. The Morgan fingerprint density at radius 2 is 1.78 bits per heavy atom. The lowest BCUT2D eigenvalue weighted by molar-refractivity contribution is 0.0601. The second kappa shape index (κ2) is 8.05. The number of hydrogen-bond acceptors (Lipinski definition) is 6. The standard InChI is InChI=1S/C19H15FN4O3/c1-27-19(26)14-4-2-3-5-15(14)24-17-10-16(21-11-22-17)18(25)23-13-8-6-12(20)7-9-13/h2-11H,1H3,(H,23,25)(H,21,22,24). The zero-order valence-corrected chi connectivity index (χ0v) is 14.3. The third-order valence-corrected chi connectivity index (χ3v) is 3.60. The molecule has 0 spiro atoms. The molecule has 8 heteroatoms. The Hall–Kier alpha value is -3.81. The summed E-state index contributed by atoms with van der Waals surface area (Å²) in [6, 6.07) is 13.6. The van der Waals surface area contributed by atoms with Gasteiger partial charge in [-0.1, -0.05) is 12.1 Å². The Morgan fingerprint density at radius 3 is 2.52 bits per heavy atom. The molecule has 0 saturated heterocycles. The molecule has 0 aliphatic carbocycles. The van der Waals surface area contributed by atoms with Gasteiger partial charge in [0.1, 0.15) is 23.7 Å². The Labute approximate surface area is 154 Å². The Balaban J connectivity index is 1.79. The van der Waals surface area contributed by atoms with Crippen molar-refractivity contribution in [3.05, 3.63) is 78.0 Å². The van der Waals surface area contributed by atoms with Gasteiger partial charge in [-0.2, -0.15) is 0 Å². The summed E-state index contributed by atoms with van der Waals surface area (Å²) in [5.74, 6) is -1.05. The van der Waals surface area contributed by atoms with Crippen LogP contribution in [0.5, 0.6) is 0 Å². The van der Waals surface area contributed by atoms with Crippen molar-refractivity contribution in [2.24, 2.45) is 0 Å². The van der Waals surface area contributed by atoms with Gasteiger partial charge in [0.25, 0.3) is 5.91 Å². The summed E-state index contributed by atoms with van der Waals surface area (Å²) >= 11 is 0. The van der Waals surface area contributed by atoms with Crippen LogP contribution in [0.1, 0.15) is 20.8 Å². The molecule has 1 heterocycles. The minimum atomic E-state index is -0.499. The van der Waals surface area contributed by atoms with E-state index in [0.29, 0.717) is 22.8 Å². The molecule has 0 fully saturated rings. The fourth-order valence-electron chi connectivity index (χ4n) is 2.30. The maximum atomic E-state index is 12.9. The third kappa shape index (κ3) is 4.43.